The summed E-state index contributed by atoms with van der Waals surface area (Å²) in [7, 11) is 0. The Morgan fingerprint density at radius 3 is 2.32 bits per heavy atom. The van der Waals surface area contributed by atoms with E-state index in [1.165, 1.54) is 39.8 Å². The Bertz CT molecular complexity index is 907. The topological polar surface area (TPSA) is 37.3 Å². The minimum atomic E-state index is -0.818. The maximum Gasteiger partial charge on any atom is 0.335 e. The van der Waals surface area contributed by atoms with Crippen LogP contribution in [0, 0.1) is 5.92 Å². The molecule has 2 nitrogen and oxygen atoms in total. The van der Waals surface area contributed by atoms with E-state index in [1.54, 1.807) is 6.07 Å². The van der Waals surface area contributed by atoms with E-state index in [-0.39, 0.29) is 0 Å². The van der Waals surface area contributed by atoms with Gasteiger partial charge in [0.05, 0.1) is 5.56 Å². The lowest BCUT2D eigenvalue weighted by Gasteiger charge is -2.39. The summed E-state index contributed by atoms with van der Waals surface area (Å²) >= 11 is 0. The van der Waals surface area contributed by atoms with Crippen molar-refractivity contribution in [3.05, 3.63) is 81.4 Å². The Labute approximate surface area is 148 Å². The van der Waals surface area contributed by atoms with E-state index in [0.29, 0.717) is 17.4 Å². The molecule has 2 aromatic carbocycles. The number of allylic oxidation sites excluding steroid dienone is 2. The van der Waals surface area contributed by atoms with Crippen molar-refractivity contribution >= 4 is 5.97 Å². The first-order valence-electron chi connectivity index (χ1n) is 9.33. The summed E-state index contributed by atoms with van der Waals surface area (Å²) < 4.78 is 0. The molecular weight excluding hydrogens is 308 g/mol. The van der Waals surface area contributed by atoms with Gasteiger partial charge in [0.2, 0.25) is 0 Å². The van der Waals surface area contributed by atoms with E-state index < -0.39 is 5.97 Å². The molecule has 0 heterocycles. The fourth-order valence-corrected chi connectivity index (χ4v) is 5.11. The number of aromatic carboxylic acids is 1. The lowest BCUT2D eigenvalue weighted by atomic mass is 9.65. The maximum absolute atomic E-state index is 11.4. The molecule has 2 aromatic rings. The Balaban J connectivity index is 1.56. The van der Waals surface area contributed by atoms with Crippen molar-refractivity contribution in [2.24, 2.45) is 5.92 Å². The van der Waals surface area contributed by atoms with Crippen molar-refractivity contribution in [3.63, 3.8) is 0 Å². The van der Waals surface area contributed by atoms with Crippen LogP contribution in [-0.2, 0) is 32.1 Å². The lowest BCUT2D eigenvalue weighted by Crippen LogP contribution is -2.29. The molecule has 0 spiro atoms. The van der Waals surface area contributed by atoms with Gasteiger partial charge < -0.3 is 5.11 Å². The molecule has 3 aliphatic rings. The van der Waals surface area contributed by atoms with E-state index in [0.717, 1.165) is 32.1 Å². The zero-order valence-corrected chi connectivity index (χ0v) is 14.3. The molecule has 1 N–H and O–H groups in total. The van der Waals surface area contributed by atoms with Gasteiger partial charge in [0.15, 0.2) is 0 Å². The number of aryl methyl sites for hydroxylation is 1. The van der Waals surface area contributed by atoms with Crippen molar-refractivity contribution in [2.75, 3.05) is 0 Å². The number of benzene rings is 2. The van der Waals surface area contributed by atoms with Gasteiger partial charge in [0, 0.05) is 0 Å². The SMILES string of the molecule is O=C(O)c1ccc2c(c1)C1Cc3cc4c(cc3CC1CC2)CC=CC4. The Hall–Kier alpha value is -2.35. The van der Waals surface area contributed by atoms with E-state index in [1.807, 2.05) is 12.1 Å². The third-order valence-corrected chi connectivity index (χ3v) is 6.43. The predicted molar refractivity (Wildman–Crippen MR) is 98.4 cm³/mol. The molecule has 0 aromatic heterocycles. The molecule has 0 radical (unpaired) electrons. The molecule has 25 heavy (non-hydrogen) atoms. The first-order chi connectivity index (χ1) is 12.2. The third kappa shape index (κ3) is 2.43. The predicted octanol–water partition coefficient (Wildman–Crippen LogP) is 4.48. The van der Waals surface area contributed by atoms with E-state index in [9.17, 15) is 9.90 Å². The molecular formula is C23H22O2. The number of carbonyl (C=O) groups is 1. The van der Waals surface area contributed by atoms with Gasteiger partial charge in [0.25, 0.3) is 0 Å². The minimum absolute atomic E-state index is 0.431. The Morgan fingerprint density at radius 2 is 1.60 bits per heavy atom. The van der Waals surface area contributed by atoms with Crippen molar-refractivity contribution in [2.45, 2.75) is 44.4 Å². The lowest BCUT2D eigenvalue weighted by molar-refractivity contribution is 0.0696. The first-order valence-corrected chi connectivity index (χ1v) is 9.33. The Kier molecular flexibility index (Phi) is 3.34. The summed E-state index contributed by atoms with van der Waals surface area (Å²) in [4.78, 5) is 11.4. The van der Waals surface area contributed by atoms with Crippen LogP contribution in [-0.4, -0.2) is 11.1 Å². The average molecular weight is 330 g/mol. The standard InChI is InChI=1S/C23H22O2/c24-23(25)18-8-6-14-5-7-17-11-19-9-15-3-1-2-4-16(15)10-20(19)13-22(17)21(14)12-18/h1-2,6,8-10,12,17,22H,3-5,7,11,13H2,(H,24,25). The maximum atomic E-state index is 11.4. The zero-order valence-electron chi connectivity index (χ0n) is 14.3. The number of carboxylic acid groups (broad SMARTS) is 1. The largest absolute Gasteiger partial charge is 0.478 e. The number of rotatable bonds is 1. The van der Waals surface area contributed by atoms with Crippen LogP contribution < -0.4 is 0 Å². The van der Waals surface area contributed by atoms with Gasteiger partial charge in [-0.25, -0.2) is 4.79 Å². The molecule has 2 heteroatoms. The first kappa shape index (κ1) is 14.9. The number of hydrogen-bond donors (Lipinski definition) is 1. The molecule has 0 saturated carbocycles. The van der Waals surface area contributed by atoms with Crippen molar-refractivity contribution < 1.29 is 9.90 Å². The molecule has 0 fully saturated rings. The zero-order chi connectivity index (χ0) is 17.0. The van der Waals surface area contributed by atoms with Crippen LogP contribution in [0.15, 0.2) is 42.5 Å². The fraction of sp³-hybridized carbons (Fsp3) is 0.348. The van der Waals surface area contributed by atoms with Gasteiger partial charge in [0.1, 0.15) is 0 Å². The average Bonchev–Trinajstić information content (AvgIpc) is 2.64. The second-order valence-electron chi connectivity index (χ2n) is 7.80. The molecule has 126 valence electrons. The van der Waals surface area contributed by atoms with Gasteiger partial charge in [-0.1, -0.05) is 30.4 Å². The van der Waals surface area contributed by atoms with Crippen LogP contribution in [0.3, 0.4) is 0 Å². The van der Waals surface area contributed by atoms with Crippen molar-refractivity contribution in [1.82, 2.24) is 0 Å². The summed E-state index contributed by atoms with van der Waals surface area (Å²) in [5, 5.41) is 9.37. The molecule has 0 amide bonds. The number of carboxylic acids is 1. The highest BCUT2D eigenvalue weighted by atomic mass is 16.4. The molecule has 3 aliphatic carbocycles. The van der Waals surface area contributed by atoms with Crippen molar-refractivity contribution in [3.8, 4) is 0 Å². The minimum Gasteiger partial charge on any atom is -0.478 e. The summed E-state index contributed by atoms with van der Waals surface area (Å²) in [5.74, 6) is 0.316. The van der Waals surface area contributed by atoms with Gasteiger partial charge in [-0.2, -0.15) is 0 Å². The van der Waals surface area contributed by atoms with Gasteiger partial charge in [-0.3, -0.25) is 0 Å². The van der Waals surface area contributed by atoms with Gasteiger partial charge in [-0.15, -0.1) is 0 Å². The monoisotopic (exact) mass is 330 g/mol. The van der Waals surface area contributed by atoms with E-state index in [2.05, 4.69) is 24.3 Å². The second-order valence-corrected chi connectivity index (χ2v) is 7.80. The fourth-order valence-electron chi connectivity index (χ4n) is 5.11. The molecule has 0 bridgehead atoms. The Morgan fingerprint density at radius 1 is 0.880 bits per heavy atom. The van der Waals surface area contributed by atoms with Crippen LogP contribution >= 0.6 is 0 Å². The normalized spacial score (nSPS) is 23.2. The summed E-state index contributed by atoms with van der Waals surface area (Å²) in [6.07, 6.45) is 11.2. The smallest absolute Gasteiger partial charge is 0.335 e. The van der Waals surface area contributed by atoms with Crippen LogP contribution in [0.2, 0.25) is 0 Å². The molecule has 0 saturated heterocycles. The van der Waals surface area contributed by atoms with Crippen LogP contribution in [0.25, 0.3) is 0 Å². The third-order valence-electron chi connectivity index (χ3n) is 6.43. The van der Waals surface area contributed by atoms with Gasteiger partial charge in [-0.05, 0) is 95.9 Å². The quantitative estimate of drug-likeness (QED) is 0.783. The number of fused-ring (bicyclic) bond motifs is 5. The number of hydrogen-bond acceptors (Lipinski definition) is 1. The summed E-state index contributed by atoms with van der Waals surface area (Å²) in [6, 6.07) is 10.6. The van der Waals surface area contributed by atoms with E-state index >= 15 is 0 Å². The molecule has 0 aliphatic heterocycles. The van der Waals surface area contributed by atoms with Crippen molar-refractivity contribution in [1.29, 1.82) is 0 Å². The highest BCUT2D eigenvalue weighted by Crippen LogP contribution is 2.45. The highest BCUT2D eigenvalue weighted by molar-refractivity contribution is 5.88. The van der Waals surface area contributed by atoms with E-state index in [4.69, 9.17) is 0 Å². The summed E-state index contributed by atoms with van der Waals surface area (Å²) in [6.45, 7) is 0. The second kappa shape index (κ2) is 5.59. The van der Waals surface area contributed by atoms with Gasteiger partial charge >= 0.3 is 5.97 Å². The molecule has 2 atom stereocenters. The molecule has 2 unspecified atom stereocenters. The van der Waals surface area contributed by atoms with Crippen LogP contribution in [0.4, 0.5) is 0 Å². The van der Waals surface area contributed by atoms with Crippen LogP contribution in [0.5, 0.6) is 0 Å². The molecule has 5 rings (SSSR count). The van der Waals surface area contributed by atoms with Crippen LogP contribution in [0.1, 0.15) is 56.1 Å². The summed E-state index contributed by atoms with van der Waals surface area (Å²) in [5.41, 5.74) is 9.09. The highest BCUT2D eigenvalue weighted by Gasteiger charge is 2.34.